The van der Waals surface area contributed by atoms with E-state index in [-0.39, 0.29) is 0 Å². The molecule has 0 aliphatic rings. The monoisotopic (exact) mass is 363 g/mol. The summed E-state index contributed by atoms with van der Waals surface area (Å²) in [4.78, 5) is 10.9. The fourth-order valence-corrected chi connectivity index (χ4v) is 2.46. The molecule has 0 aliphatic heterocycles. The molecule has 2 atom stereocenters. The van der Waals surface area contributed by atoms with Crippen LogP contribution in [0, 0.1) is 3.57 Å². The van der Waals surface area contributed by atoms with Crippen LogP contribution in [0.4, 0.5) is 4.79 Å². The summed E-state index contributed by atoms with van der Waals surface area (Å²) in [6, 6.07) is 7.48. The molecule has 1 amide bonds. The van der Waals surface area contributed by atoms with Gasteiger partial charge in [-0.05, 0) is 47.1 Å². The molecule has 0 saturated heterocycles. The molecule has 1 rings (SSSR count). The Labute approximate surface area is 121 Å². The second kappa shape index (κ2) is 7.58. The molecule has 18 heavy (non-hydrogen) atoms. The maximum Gasteiger partial charge on any atom is 0.404 e. The first-order valence-corrected chi connectivity index (χ1v) is 7.02. The zero-order valence-corrected chi connectivity index (χ0v) is 12.5. The minimum Gasteiger partial charge on any atom is -0.443 e. The van der Waals surface area contributed by atoms with Gasteiger partial charge in [-0.25, -0.2) is 4.79 Å². The normalized spacial score (nSPS) is 13.9. The van der Waals surface area contributed by atoms with Crippen molar-refractivity contribution in [2.45, 2.75) is 38.4 Å². The third kappa shape index (κ3) is 4.45. The van der Waals surface area contributed by atoms with Crippen LogP contribution in [0.15, 0.2) is 24.3 Å². The predicted octanol–water partition coefficient (Wildman–Crippen LogP) is 2.98. The second-order valence-corrected chi connectivity index (χ2v) is 5.25. The Morgan fingerprint density at radius 2 is 2.17 bits per heavy atom. The third-order valence-electron chi connectivity index (χ3n) is 2.69. The van der Waals surface area contributed by atoms with Crippen molar-refractivity contribution in [3.63, 3.8) is 0 Å². The molecule has 1 aromatic carbocycles. The lowest BCUT2D eigenvalue weighted by molar-refractivity contribution is -0.000680. The van der Waals surface area contributed by atoms with Gasteiger partial charge in [0.15, 0.2) is 0 Å². The SMILES string of the molecule is CCCC[C@@H](OC(N)=O)[C@H](O)c1ccccc1I. The number of rotatable bonds is 6. The lowest BCUT2D eigenvalue weighted by Crippen LogP contribution is -2.28. The number of primary amides is 1. The molecule has 0 radical (unpaired) electrons. The molecule has 0 bridgehead atoms. The van der Waals surface area contributed by atoms with Crippen LogP contribution in [0.1, 0.15) is 37.9 Å². The van der Waals surface area contributed by atoms with Gasteiger partial charge in [0, 0.05) is 3.57 Å². The van der Waals surface area contributed by atoms with Gasteiger partial charge < -0.3 is 15.6 Å². The number of carbonyl (C=O) groups is 1. The maximum absolute atomic E-state index is 10.9. The Hall–Kier alpha value is -0.820. The van der Waals surface area contributed by atoms with E-state index in [0.29, 0.717) is 6.42 Å². The average molecular weight is 363 g/mol. The van der Waals surface area contributed by atoms with Gasteiger partial charge in [0.05, 0.1) is 0 Å². The highest BCUT2D eigenvalue weighted by Gasteiger charge is 2.24. The van der Waals surface area contributed by atoms with Crippen LogP contribution in [0.2, 0.25) is 0 Å². The first-order chi connectivity index (χ1) is 8.56. The number of hydrogen-bond acceptors (Lipinski definition) is 3. The van der Waals surface area contributed by atoms with Crippen LogP contribution in [0.25, 0.3) is 0 Å². The van der Waals surface area contributed by atoms with Crippen molar-refractivity contribution >= 4 is 28.7 Å². The lowest BCUT2D eigenvalue weighted by atomic mass is 10.0. The van der Waals surface area contributed by atoms with E-state index in [1.807, 2.05) is 31.2 Å². The van der Waals surface area contributed by atoms with Crippen LogP contribution in [-0.2, 0) is 4.74 Å². The number of amides is 1. The molecule has 0 aromatic heterocycles. The number of aliphatic hydroxyl groups is 1. The number of aliphatic hydroxyl groups excluding tert-OH is 1. The number of benzene rings is 1. The highest BCUT2D eigenvalue weighted by Crippen LogP contribution is 2.26. The molecule has 1 aromatic rings. The van der Waals surface area contributed by atoms with Crippen LogP contribution >= 0.6 is 22.6 Å². The predicted molar refractivity (Wildman–Crippen MR) is 78.1 cm³/mol. The van der Waals surface area contributed by atoms with Crippen molar-refractivity contribution in [2.75, 3.05) is 0 Å². The molecule has 0 fully saturated rings. The van der Waals surface area contributed by atoms with E-state index in [1.54, 1.807) is 0 Å². The summed E-state index contributed by atoms with van der Waals surface area (Å²) in [7, 11) is 0. The Bertz CT molecular complexity index is 398. The molecule has 0 unspecified atom stereocenters. The fourth-order valence-electron chi connectivity index (χ4n) is 1.75. The minimum atomic E-state index is -0.846. The molecule has 0 heterocycles. The highest BCUT2D eigenvalue weighted by atomic mass is 127. The molecule has 0 spiro atoms. The molecular formula is C13H18INO3. The quantitative estimate of drug-likeness (QED) is 0.764. The third-order valence-corrected chi connectivity index (χ3v) is 3.67. The summed E-state index contributed by atoms with van der Waals surface area (Å²) in [6.45, 7) is 2.04. The first-order valence-electron chi connectivity index (χ1n) is 5.94. The van der Waals surface area contributed by atoms with Crippen molar-refractivity contribution in [3.8, 4) is 0 Å². The van der Waals surface area contributed by atoms with Gasteiger partial charge in [0.1, 0.15) is 12.2 Å². The summed E-state index contributed by atoms with van der Waals surface area (Å²) in [5.74, 6) is 0. The van der Waals surface area contributed by atoms with E-state index >= 15 is 0 Å². The standard InChI is InChI=1S/C13H18INO3/c1-2-3-8-11(18-13(15)17)12(16)9-6-4-5-7-10(9)14/h4-7,11-12,16H,2-3,8H2,1H3,(H2,15,17)/t11-,12-/m1/s1. The summed E-state index contributed by atoms with van der Waals surface area (Å²) in [6.07, 6.45) is 0.179. The molecule has 5 heteroatoms. The highest BCUT2D eigenvalue weighted by molar-refractivity contribution is 14.1. The average Bonchev–Trinajstić information content (AvgIpc) is 2.34. The van der Waals surface area contributed by atoms with Gasteiger partial charge in [-0.3, -0.25) is 0 Å². The zero-order valence-electron chi connectivity index (χ0n) is 10.3. The van der Waals surface area contributed by atoms with Crippen molar-refractivity contribution in [1.82, 2.24) is 0 Å². The zero-order chi connectivity index (χ0) is 13.5. The summed E-state index contributed by atoms with van der Waals surface area (Å²) in [5, 5.41) is 10.3. The minimum absolute atomic E-state index is 0.585. The smallest absolute Gasteiger partial charge is 0.404 e. The lowest BCUT2D eigenvalue weighted by Gasteiger charge is -2.23. The van der Waals surface area contributed by atoms with Gasteiger partial charge >= 0.3 is 6.09 Å². The maximum atomic E-state index is 10.9. The van der Waals surface area contributed by atoms with E-state index in [4.69, 9.17) is 10.5 Å². The van der Waals surface area contributed by atoms with Crippen molar-refractivity contribution < 1.29 is 14.6 Å². The molecule has 4 nitrogen and oxygen atoms in total. The van der Waals surface area contributed by atoms with E-state index in [1.165, 1.54) is 0 Å². The molecule has 0 saturated carbocycles. The number of unbranched alkanes of at least 4 members (excludes halogenated alkanes) is 1. The number of nitrogens with two attached hydrogens (primary N) is 1. The fraction of sp³-hybridized carbons (Fsp3) is 0.462. The molecule has 100 valence electrons. The van der Waals surface area contributed by atoms with E-state index in [9.17, 15) is 9.90 Å². The Balaban J connectivity index is 2.83. The van der Waals surface area contributed by atoms with Crippen LogP contribution < -0.4 is 5.73 Å². The Morgan fingerprint density at radius 3 is 2.72 bits per heavy atom. The molecule has 0 aliphatic carbocycles. The van der Waals surface area contributed by atoms with Crippen LogP contribution in [0.3, 0.4) is 0 Å². The molecule has 3 N–H and O–H groups in total. The van der Waals surface area contributed by atoms with Crippen molar-refractivity contribution in [3.05, 3.63) is 33.4 Å². The largest absolute Gasteiger partial charge is 0.443 e. The van der Waals surface area contributed by atoms with Gasteiger partial charge in [0.2, 0.25) is 0 Å². The summed E-state index contributed by atoms with van der Waals surface area (Å²) >= 11 is 2.15. The van der Waals surface area contributed by atoms with Gasteiger partial charge in [-0.2, -0.15) is 0 Å². The van der Waals surface area contributed by atoms with Gasteiger partial charge in [-0.15, -0.1) is 0 Å². The number of hydrogen-bond donors (Lipinski definition) is 2. The van der Waals surface area contributed by atoms with Crippen LogP contribution in [-0.4, -0.2) is 17.3 Å². The topological polar surface area (TPSA) is 72.5 Å². The van der Waals surface area contributed by atoms with E-state index in [2.05, 4.69) is 22.6 Å². The first kappa shape index (κ1) is 15.2. The number of halogens is 1. The second-order valence-electron chi connectivity index (χ2n) is 4.08. The van der Waals surface area contributed by atoms with Crippen molar-refractivity contribution in [1.29, 1.82) is 0 Å². The van der Waals surface area contributed by atoms with Gasteiger partial charge in [0.25, 0.3) is 0 Å². The molecular weight excluding hydrogens is 345 g/mol. The van der Waals surface area contributed by atoms with Gasteiger partial charge in [-0.1, -0.05) is 31.5 Å². The Kier molecular flexibility index (Phi) is 6.42. The Morgan fingerprint density at radius 1 is 1.50 bits per heavy atom. The summed E-state index contributed by atoms with van der Waals surface area (Å²) in [5.41, 5.74) is 5.81. The van der Waals surface area contributed by atoms with Crippen LogP contribution in [0.5, 0.6) is 0 Å². The summed E-state index contributed by atoms with van der Waals surface area (Å²) < 4.78 is 5.95. The number of carbonyl (C=O) groups excluding carboxylic acids is 1. The van der Waals surface area contributed by atoms with E-state index < -0.39 is 18.3 Å². The van der Waals surface area contributed by atoms with Crippen molar-refractivity contribution in [2.24, 2.45) is 5.73 Å². The number of ether oxygens (including phenoxy) is 1. The van der Waals surface area contributed by atoms with E-state index in [0.717, 1.165) is 22.0 Å².